The predicted octanol–water partition coefficient (Wildman–Crippen LogP) is 3.70. The van der Waals surface area contributed by atoms with Crippen LogP contribution in [-0.2, 0) is 0 Å². The number of nitrogens with zero attached hydrogens (tertiary/aromatic N) is 2. The first-order valence-corrected chi connectivity index (χ1v) is 7.57. The van der Waals surface area contributed by atoms with E-state index in [0.717, 1.165) is 11.1 Å². The number of benzene rings is 2. The SMILES string of the molecule is O=C(c1[nH]cnc1-c1ccccc1)c1[nH]cnc1-c1ccccc1. The summed E-state index contributed by atoms with van der Waals surface area (Å²) in [6.07, 6.45) is 3.07. The fraction of sp³-hybridized carbons (Fsp3) is 0. The van der Waals surface area contributed by atoms with Gasteiger partial charge in [-0.2, -0.15) is 0 Å². The zero-order valence-electron chi connectivity index (χ0n) is 12.7. The Balaban J connectivity index is 1.78. The Hall–Kier alpha value is -3.47. The number of nitrogens with one attached hydrogen (secondary N) is 2. The molecule has 0 fully saturated rings. The molecule has 5 nitrogen and oxygen atoms in total. The summed E-state index contributed by atoms with van der Waals surface area (Å²) >= 11 is 0. The van der Waals surface area contributed by atoms with E-state index in [2.05, 4.69) is 19.9 Å². The number of aromatic amines is 2. The van der Waals surface area contributed by atoms with Gasteiger partial charge in [-0.05, 0) is 0 Å². The van der Waals surface area contributed by atoms with Gasteiger partial charge in [0.15, 0.2) is 0 Å². The Morgan fingerprint density at radius 1 is 0.667 bits per heavy atom. The maximum Gasteiger partial charge on any atom is 0.229 e. The summed E-state index contributed by atoms with van der Waals surface area (Å²) in [7, 11) is 0. The zero-order valence-corrected chi connectivity index (χ0v) is 12.7. The third kappa shape index (κ3) is 2.42. The first kappa shape index (κ1) is 14.1. The molecule has 0 atom stereocenters. The summed E-state index contributed by atoms with van der Waals surface area (Å²) in [5.41, 5.74) is 3.94. The van der Waals surface area contributed by atoms with Gasteiger partial charge < -0.3 is 9.97 Å². The minimum Gasteiger partial charge on any atom is -0.341 e. The van der Waals surface area contributed by atoms with Crippen LogP contribution in [0.25, 0.3) is 22.5 Å². The van der Waals surface area contributed by atoms with Crippen LogP contribution >= 0.6 is 0 Å². The van der Waals surface area contributed by atoms with Crippen LogP contribution in [-0.4, -0.2) is 25.7 Å². The lowest BCUT2D eigenvalue weighted by Gasteiger charge is -2.04. The summed E-state index contributed by atoms with van der Waals surface area (Å²) in [4.78, 5) is 27.6. The normalized spacial score (nSPS) is 10.7. The van der Waals surface area contributed by atoms with Crippen molar-refractivity contribution >= 4 is 5.78 Å². The largest absolute Gasteiger partial charge is 0.341 e. The Labute approximate surface area is 138 Å². The minimum absolute atomic E-state index is 0.164. The third-order valence-electron chi connectivity index (χ3n) is 3.83. The molecule has 0 saturated carbocycles. The van der Waals surface area contributed by atoms with E-state index in [4.69, 9.17) is 0 Å². The molecule has 24 heavy (non-hydrogen) atoms. The van der Waals surface area contributed by atoms with E-state index >= 15 is 0 Å². The molecule has 5 heteroatoms. The summed E-state index contributed by atoms with van der Waals surface area (Å²) in [6.45, 7) is 0. The second-order valence-corrected chi connectivity index (χ2v) is 5.31. The average molecular weight is 314 g/mol. The molecular formula is C19H14N4O. The molecule has 0 aliphatic carbocycles. The Kier molecular flexibility index (Phi) is 3.51. The molecule has 0 aliphatic rings. The highest BCUT2D eigenvalue weighted by Crippen LogP contribution is 2.26. The number of H-pyrrole nitrogens is 2. The number of carbonyl (C=O) groups excluding carboxylic acids is 1. The van der Waals surface area contributed by atoms with Crippen LogP contribution in [0.15, 0.2) is 73.3 Å². The van der Waals surface area contributed by atoms with E-state index in [0.29, 0.717) is 22.8 Å². The van der Waals surface area contributed by atoms with Crippen LogP contribution in [0.3, 0.4) is 0 Å². The Bertz CT molecular complexity index is 891. The van der Waals surface area contributed by atoms with E-state index in [1.165, 1.54) is 12.7 Å². The quantitative estimate of drug-likeness (QED) is 0.564. The molecule has 2 heterocycles. The highest BCUT2D eigenvalue weighted by Gasteiger charge is 2.22. The molecule has 4 rings (SSSR count). The number of rotatable bonds is 4. The lowest BCUT2D eigenvalue weighted by molar-refractivity contribution is 0.103. The molecular weight excluding hydrogens is 300 g/mol. The van der Waals surface area contributed by atoms with E-state index in [-0.39, 0.29) is 5.78 Å². The molecule has 2 aromatic carbocycles. The first-order chi connectivity index (χ1) is 11.8. The van der Waals surface area contributed by atoms with Crippen molar-refractivity contribution in [3.63, 3.8) is 0 Å². The van der Waals surface area contributed by atoms with Crippen molar-refractivity contribution in [1.82, 2.24) is 19.9 Å². The van der Waals surface area contributed by atoms with Gasteiger partial charge in [0.25, 0.3) is 0 Å². The van der Waals surface area contributed by atoms with Crippen LogP contribution < -0.4 is 0 Å². The molecule has 116 valence electrons. The number of hydrogen-bond acceptors (Lipinski definition) is 3. The van der Waals surface area contributed by atoms with Gasteiger partial charge in [0.2, 0.25) is 5.78 Å². The average Bonchev–Trinajstić information content (AvgIpc) is 3.32. The van der Waals surface area contributed by atoms with Gasteiger partial charge in [-0.1, -0.05) is 60.7 Å². The van der Waals surface area contributed by atoms with Gasteiger partial charge in [-0.3, -0.25) is 4.79 Å². The van der Waals surface area contributed by atoms with Crippen LogP contribution in [0.4, 0.5) is 0 Å². The van der Waals surface area contributed by atoms with E-state index in [9.17, 15) is 4.79 Å². The van der Waals surface area contributed by atoms with Gasteiger partial charge >= 0.3 is 0 Å². The van der Waals surface area contributed by atoms with E-state index < -0.39 is 0 Å². The fourth-order valence-electron chi connectivity index (χ4n) is 2.69. The summed E-state index contributed by atoms with van der Waals surface area (Å²) < 4.78 is 0. The zero-order chi connectivity index (χ0) is 16.4. The first-order valence-electron chi connectivity index (χ1n) is 7.57. The fourth-order valence-corrected chi connectivity index (χ4v) is 2.69. The minimum atomic E-state index is -0.164. The van der Waals surface area contributed by atoms with Crippen molar-refractivity contribution in [2.45, 2.75) is 0 Å². The monoisotopic (exact) mass is 314 g/mol. The van der Waals surface area contributed by atoms with Crippen molar-refractivity contribution < 1.29 is 4.79 Å². The maximum absolute atomic E-state index is 13.0. The summed E-state index contributed by atoms with van der Waals surface area (Å²) in [5.74, 6) is -0.164. The van der Waals surface area contributed by atoms with Crippen LogP contribution in [0, 0.1) is 0 Å². The van der Waals surface area contributed by atoms with E-state index in [1.807, 2.05) is 60.7 Å². The standard InChI is InChI=1S/C19H14N4O/c24-19(17-15(20-11-22-17)13-7-3-1-4-8-13)18-16(21-12-23-18)14-9-5-2-6-10-14/h1-12H,(H,20,22)(H,21,23). The summed E-state index contributed by atoms with van der Waals surface area (Å²) in [6, 6.07) is 19.3. The molecule has 0 unspecified atom stereocenters. The topological polar surface area (TPSA) is 74.4 Å². The van der Waals surface area contributed by atoms with Gasteiger partial charge in [-0.15, -0.1) is 0 Å². The van der Waals surface area contributed by atoms with Crippen LogP contribution in [0.5, 0.6) is 0 Å². The number of aromatic nitrogens is 4. The van der Waals surface area contributed by atoms with Crippen LogP contribution in [0.2, 0.25) is 0 Å². The highest BCUT2D eigenvalue weighted by atomic mass is 16.1. The lowest BCUT2D eigenvalue weighted by atomic mass is 10.0. The molecule has 2 N–H and O–H groups in total. The smallest absolute Gasteiger partial charge is 0.229 e. The number of ketones is 1. The molecule has 0 saturated heterocycles. The van der Waals surface area contributed by atoms with Crippen molar-refractivity contribution in [3.05, 3.63) is 84.7 Å². The number of carbonyl (C=O) groups is 1. The van der Waals surface area contributed by atoms with Gasteiger partial charge in [0.05, 0.1) is 24.0 Å². The Morgan fingerprint density at radius 3 is 1.50 bits per heavy atom. The molecule has 0 bridgehead atoms. The number of imidazole rings is 2. The molecule has 2 aromatic heterocycles. The van der Waals surface area contributed by atoms with Gasteiger partial charge in [0, 0.05) is 11.1 Å². The van der Waals surface area contributed by atoms with Crippen molar-refractivity contribution in [1.29, 1.82) is 0 Å². The van der Waals surface area contributed by atoms with Gasteiger partial charge in [0.1, 0.15) is 11.4 Å². The predicted molar refractivity (Wildman–Crippen MR) is 91.5 cm³/mol. The molecule has 0 radical (unpaired) electrons. The van der Waals surface area contributed by atoms with Crippen molar-refractivity contribution in [2.24, 2.45) is 0 Å². The van der Waals surface area contributed by atoms with Gasteiger partial charge in [-0.25, -0.2) is 9.97 Å². The molecule has 4 aromatic rings. The van der Waals surface area contributed by atoms with Crippen molar-refractivity contribution in [2.75, 3.05) is 0 Å². The Morgan fingerprint density at radius 2 is 1.08 bits per heavy atom. The van der Waals surface area contributed by atoms with E-state index in [1.54, 1.807) is 0 Å². The second kappa shape index (κ2) is 5.96. The number of hydrogen-bond donors (Lipinski definition) is 2. The highest BCUT2D eigenvalue weighted by molar-refractivity contribution is 6.12. The maximum atomic E-state index is 13.0. The summed E-state index contributed by atoms with van der Waals surface area (Å²) in [5, 5.41) is 0. The third-order valence-corrected chi connectivity index (χ3v) is 3.83. The molecule has 0 spiro atoms. The molecule has 0 amide bonds. The lowest BCUT2D eigenvalue weighted by Crippen LogP contribution is -2.06. The van der Waals surface area contributed by atoms with Crippen LogP contribution in [0.1, 0.15) is 16.2 Å². The van der Waals surface area contributed by atoms with Crippen molar-refractivity contribution in [3.8, 4) is 22.5 Å². The molecule has 0 aliphatic heterocycles. The second-order valence-electron chi connectivity index (χ2n) is 5.31.